The third-order valence-corrected chi connectivity index (χ3v) is 3.22. The van der Waals surface area contributed by atoms with Crippen LogP contribution in [0.2, 0.25) is 0 Å². The highest BCUT2D eigenvalue weighted by molar-refractivity contribution is 9.08. The van der Waals surface area contributed by atoms with Crippen LogP contribution in [0.1, 0.15) is 5.56 Å². The molecule has 2 aromatic carbocycles. The second kappa shape index (κ2) is 5.69. The summed E-state index contributed by atoms with van der Waals surface area (Å²) in [6, 6.07) is 16.5. The van der Waals surface area contributed by atoms with Crippen LogP contribution in [0.5, 0.6) is 0 Å². The van der Waals surface area contributed by atoms with Gasteiger partial charge in [-0.1, -0.05) is 52.3 Å². The predicted octanol–water partition coefficient (Wildman–Crippen LogP) is 3.80. The number of anilines is 2. The number of halogens is 1. The van der Waals surface area contributed by atoms with E-state index < -0.39 is 6.03 Å². The quantitative estimate of drug-likeness (QED) is 0.861. The highest BCUT2D eigenvalue weighted by Gasteiger charge is 2.17. The lowest BCUT2D eigenvalue weighted by molar-refractivity contribution is 0.256. The number of hydrogen-bond donors (Lipinski definition) is 1. The molecule has 0 saturated heterocycles. The number of nitrogens with zero attached hydrogens (tertiary/aromatic N) is 1. The van der Waals surface area contributed by atoms with Gasteiger partial charge >= 0.3 is 6.03 Å². The van der Waals surface area contributed by atoms with Crippen molar-refractivity contribution in [2.45, 2.75) is 5.33 Å². The SMILES string of the molecule is NC(=O)N(c1ccccc1)c1ccccc1CBr. The van der Waals surface area contributed by atoms with E-state index in [4.69, 9.17) is 5.73 Å². The van der Waals surface area contributed by atoms with Gasteiger partial charge in [-0.3, -0.25) is 4.90 Å². The first-order valence-electron chi connectivity index (χ1n) is 5.52. The van der Waals surface area contributed by atoms with E-state index in [9.17, 15) is 4.79 Å². The first-order valence-corrected chi connectivity index (χ1v) is 6.64. The minimum absolute atomic E-state index is 0.491. The van der Waals surface area contributed by atoms with Crippen LogP contribution in [0.4, 0.5) is 16.2 Å². The van der Waals surface area contributed by atoms with Gasteiger partial charge in [-0.2, -0.15) is 0 Å². The van der Waals surface area contributed by atoms with E-state index in [2.05, 4.69) is 15.9 Å². The third-order valence-electron chi connectivity index (χ3n) is 2.61. The Morgan fingerprint density at radius 1 is 1.06 bits per heavy atom. The molecule has 0 aliphatic carbocycles. The Labute approximate surface area is 114 Å². The predicted molar refractivity (Wildman–Crippen MR) is 77.2 cm³/mol. The Balaban J connectivity index is 2.52. The fraction of sp³-hybridized carbons (Fsp3) is 0.0714. The molecule has 92 valence electrons. The molecule has 0 heterocycles. The van der Waals surface area contributed by atoms with E-state index in [1.807, 2.05) is 54.6 Å². The average Bonchev–Trinajstić information content (AvgIpc) is 2.40. The van der Waals surface area contributed by atoms with Crippen LogP contribution in [-0.2, 0) is 5.33 Å². The van der Waals surface area contributed by atoms with Gasteiger partial charge in [0.2, 0.25) is 0 Å². The fourth-order valence-electron chi connectivity index (χ4n) is 1.80. The molecule has 0 radical (unpaired) electrons. The maximum atomic E-state index is 11.7. The number of rotatable bonds is 3. The number of carbonyl (C=O) groups is 1. The molecular formula is C14H13BrN2O. The number of para-hydroxylation sites is 2. The molecule has 2 amide bonds. The fourth-order valence-corrected chi connectivity index (χ4v) is 2.28. The summed E-state index contributed by atoms with van der Waals surface area (Å²) < 4.78 is 0. The molecule has 0 aliphatic rings. The van der Waals surface area contributed by atoms with Gasteiger partial charge in [0, 0.05) is 5.33 Å². The Kier molecular flexibility index (Phi) is 3.99. The standard InChI is InChI=1S/C14H13BrN2O/c15-10-11-6-4-5-9-13(11)17(14(16)18)12-7-2-1-3-8-12/h1-9H,10H2,(H2,16,18). The zero-order valence-corrected chi connectivity index (χ0v) is 11.3. The summed E-state index contributed by atoms with van der Waals surface area (Å²) in [5.74, 6) is 0. The first kappa shape index (κ1) is 12.6. The van der Waals surface area contributed by atoms with Crippen molar-refractivity contribution in [2.75, 3.05) is 4.90 Å². The van der Waals surface area contributed by atoms with Crippen molar-refractivity contribution in [1.29, 1.82) is 0 Å². The molecule has 0 aromatic heterocycles. The minimum Gasteiger partial charge on any atom is -0.351 e. The van der Waals surface area contributed by atoms with Crippen molar-refractivity contribution in [3.05, 3.63) is 60.2 Å². The van der Waals surface area contributed by atoms with Gasteiger partial charge < -0.3 is 5.73 Å². The topological polar surface area (TPSA) is 46.3 Å². The number of urea groups is 1. The molecule has 2 rings (SSSR count). The summed E-state index contributed by atoms with van der Waals surface area (Å²) in [4.78, 5) is 13.2. The molecule has 0 aliphatic heterocycles. The van der Waals surface area contributed by atoms with E-state index in [1.165, 1.54) is 4.90 Å². The molecule has 0 unspecified atom stereocenters. The molecule has 3 nitrogen and oxygen atoms in total. The summed E-state index contributed by atoms with van der Waals surface area (Å²) in [5, 5.41) is 0.666. The van der Waals surface area contributed by atoms with Gasteiger partial charge in [-0.05, 0) is 23.8 Å². The molecule has 4 heteroatoms. The lowest BCUT2D eigenvalue weighted by Crippen LogP contribution is -2.32. The number of benzene rings is 2. The van der Waals surface area contributed by atoms with Crippen molar-refractivity contribution in [1.82, 2.24) is 0 Å². The zero-order valence-electron chi connectivity index (χ0n) is 9.71. The molecule has 18 heavy (non-hydrogen) atoms. The Bertz CT molecular complexity index is 543. The van der Waals surface area contributed by atoms with Gasteiger partial charge in [0.1, 0.15) is 0 Å². The largest absolute Gasteiger partial charge is 0.351 e. The summed E-state index contributed by atoms with van der Waals surface area (Å²) in [6.07, 6.45) is 0. The molecule has 2 N–H and O–H groups in total. The van der Waals surface area contributed by atoms with Crippen LogP contribution < -0.4 is 10.6 Å². The number of amides is 2. The summed E-state index contributed by atoms with van der Waals surface area (Å²) in [5.41, 5.74) is 8.07. The summed E-state index contributed by atoms with van der Waals surface area (Å²) >= 11 is 3.42. The average molecular weight is 305 g/mol. The normalized spacial score (nSPS) is 10.1. The van der Waals surface area contributed by atoms with Crippen LogP contribution in [0.3, 0.4) is 0 Å². The molecule has 0 bridgehead atoms. The lowest BCUT2D eigenvalue weighted by atomic mass is 10.1. The molecular weight excluding hydrogens is 292 g/mol. The maximum Gasteiger partial charge on any atom is 0.323 e. The zero-order chi connectivity index (χ0) is 13.0. The van der Waals surface area contributed by atoms with E-state index in [-0.39, 0.29) is 0 Å². The number of nitrogens with two attached hydrogens (primary N) is 1. The Hall–Kier alpha value is -1.81. The van der Waals surface area contributed by atoms with Crippen molar-refractivity contribution in [2.24, 2.45) is 5.73 Å². The molecule has 0 spiro atoms. The van der Waals surface area contributed by atoms with Crippen molar-refractivity contribution < 1.29 is 4.79 Å². The first-order chi connectivity index (χ1) is 8.74. The molecule has 2 aromatic rings. The number of carbonyl (C=O) groups excluding carboxylic acids is 1. The van der Waals surface area contributed by atoms with E-state index >= 15 is 0 Å². The second-order valence-corrected chi connectivity index (χ2v) is 4.33. The second-order valence-electron chi connectivity index (χ2n) is 3.77. The highest BCUT2D eigenvalue weighted by atomic mass is 79.9. The van der Waals surface area contributed by atoms with Crippen LogP contribution in [0.25, 0.3) is 0 Å². The molecule has 0 atom stereocenters. The number of primary amides is 1. The number of hydrogen-bond acceptors (Lipinski definition) is 1. The van der Waals surface area contributed by atoms with Crippen LogP contribution in [0.15, 0.2) is 54.6 Å². The lowest BCUT2D eigenvalue weighted by Gasteiger charge is -2.22. The Morgan fingerprint density at radius 2 is 1.67 bits per heavy atom. The maximum absolute atomic E-state index is 11.7. The number of alkyl halides is 1. The molecule has 0 fully saturated rings. The summed E-state index contributed by atoms with van der Waals surface area (Å²) in [6.45, 7) is 0. The smallest absolute Gasteiger partial charge is 0.323 e. The molecule has 0 saturated carbocycles. The van der Waals surface area contributed by atoms with Crippen LogP contribution in [0, 0.1) is 0 Å². The van der Waals surface area contributed by atoms with Gasteiger partial charge in [0.15, 0.2) is 0 Å². The van der Waals surface area contributed by atoms with Crippen molar-refractivity contribution >= 4 is 33.3 Å². The van der Waals surface area contributed by atoms with Crippen LogP contribution in [-0.4, -0.2) is 6.03 Å². The van der Waals surface area contributed by atoms with Crippen LogP contribution >= 0.6 is 15.9 Å². The van der Waals surface area contributed by atoms with Crippen molar-refractivity contribution in [3.8, 4) is 0 Å². The summed E-state index contributed by atoms with van der Waals surface area (Å²) in [7, 11) is 0. The van der Waals surface area contributed by atoms with Gasteiger partial charge in [0.25, 0.3) is 0 Å². The monoisotopic (exact) mass is 304 g/mol. The van der Waals surface area contributed by atoms with E-state index in [0.717, 1.165) is 16.9 Å². The van der Waals surface area contributed by atoms with E-state index in [1.54, 1.807) is 0 Å². The van der Waals surface area contributed by atoms with Gasteiger partial charge in [-0.25, -0.2) is 4.79 Å². The minimum atomic E-state index is -0.491. The van der Waals surface area contributed by atoms with Crippen molar-refractivity contribution in [3.63, 3.8) is 0 Å². The highest BCUT2D eigenvalue weighted by Crippen LogP contribution is 2.29. The van der Waals surface area contributed by atoms with Gasteiger partial charge in [-0.15, -0.1) is 0 Å². The van der Waals surface area contributed by atoms with Gasteiger partial charge in [0.05, 0.1) is 11.4 Å². The Morgan fingerprint density at radius 3 is 2.28 bits per heavy atom. The third kappa shape index (κ3) is 2.54. The van der Waals surface area contributed by atoms with E-state index in [0.29, 0.717) is 5.33 Å².